The number of rotatable bonds is 1. The summed E-state index contributed by atoms with van der Waals surface area (Å²) < 4.78 is 4.98. The summed E-state index contributed by atoms with van der Waals surface area (Å²) in [7, 11) is 0. The fourth-order valence-electron chi connectivity index (χ4n) is 0.932. The maximum absolute atomic E-state index is 8.37. The second-order valence-corrected chi connectivity index (χ2v) is 2.76. The van der Waals surface area contributed by atoms with E-state index in [1.807, 2.05) is 0 Å². The van der Waals surface area contributed by atoms with Crippen molar-refractivity contribution < 1.29 is 4.74 Å². The molecular formula is C6H8N2OS. The van der Waals surface area contributed by atoms with Gasteiger partial charge in [-0.2, -0.15) is 5.26 Å². The molecule has 0 radical (unpaired) electrons. The van der Waals surface area contributed by atoms with Gasteiger partial charge in [-0.3, -0.25) is 0 Å². The molecule has 0 saturated heterocycles. The Balaban J connectivity index is 2.16. The van der Waals surface area contributed by atoms with Gasteiger partial charge in [-0.15, -0.1) is 0 Å². The van der Waals surface area contributed by atoms with Crippen LogP contribution in [0.25, 0.3) is 0 Å². The number of nitrogens with zero attached hydrogens (tertiary/aromatic N) is 1. The highest BCUT2D eigenvalue weighted by molar-refractivity contribution is 7.80. The van der Waals surface area contributed by atoms with Gasteiger partial charge in [0.25, 0.3) is 5.17 Å². The van der Waals surface area contributed by atoms with Gasteiger partial charge in [-0.25, -0.2) is 0 Å². The Hall–Kier alpha value is -0.820. The summed E-state index contributed by atoms with van der Waals surface area (Å²) in [6.45, 7) is 0. The van der Waals surface area contributed by atoms with Crippen molar-refractivity contribution in [2.75, 3.05) is 0 Å². The molecule has 4 heteroatoms. The van der Waals surface area contributed by atoms with E-state index in [0.717, 1.165) is 12.8 Å². The number of nitrogens with two attached hydrogens (primary N) is 1. The fraction of sp³-hybridized carbons (Fsp3) is 0.667. The molecule has 2 N–H and O–H groups in total. The molecule has 0 unspecified atom stereocenters. The molecule has 0 amide bonds. The van der Waals surface area contributed by atoms with Crippen LogP contribution >= 0.6 is 12.2 Å². The summed E-state index contributed by atoms with van der Waals surface area (Å²) in [6, 6.07) is 2.14. The highest BCUT2D eigenvalue weighted by Crippen LogP contribution is 2.28. The predicted molar refractivity (Wildman–Crippen MR) is 40.0 cm³/mol. The third-order valence-electron chi connectivity index (χ3n) is 1.56. The molecule has 54 valence electrons. The molecular weight excluding hydrogens is 148 g/mol. The zero-order valence-corrected chi connectivity index (χ0v) is 6.23. The average Bonchev–Trinajstić information content (AvgIpc) is 1.76. The second-order valence-electron chi connectivity index (χ2n) is 2.36. The Morgan fingerprint density at radius 3 is 2.70 bits per heavy atom. The first-order valence-corrected chi connectivity index (χ1v) is 3.49. The van der Waals surface area contributed by atoms with E-state index in [2.05, 4.69) is 18.3 Å². The Bertz CT molecular complexity index is 181. The van der Waals surface area contributed by atoms with E-state index < -0.39 is 0 Å². The lowest BCUT2D eigenvalue weighted by molar-refractivity contribution is 0.0800. The summed E-state index contributed by atoms with van der Waals surface area (Å²) in [5.74, 6) is 0.152. The van der Waals surface area contributed by atoms with Gasteiger partial charge in [0.2, 0.25) is 0 Å². The highest BCUT2D eigenvalue weighted by atomic mass is 32.1. The number of thiocarbonyl (C=S) groups is 1. The molecule has 1 aliphatic carbocycles. The van der Waals surface area contributed by atoms with Crippen LogP contribution in [0.1, 0.15) is 12.8 Å². The van der Waals surface area contributed by atoms with Crippen molar-refractivity contribution in [3.8, 4) is 6.07 Å². The lowest BCUT2D eigenvalue weighted by Gasteiger charge is -2.29. The normalized spacial score (nSPS) is 29.9. The van der Waals surface area contributed by atoms with Gasteiger partial charge in [0.15, 0.2) is 0 Å². The van der Waals surface area contributed by atoms with Crippen LogP contribution in [0.15, 0.2) is 0 Å². The van der Waals surface area contributed by atoms with Crippen LogP contribution in [0.2, 0.25) is 0 Å². The molecule has 0 aliphatic heterocycles. The molecule has 1 aliphatic rings. The Morgan fingerprint density at radius 1 is 1.70 bits per heavy atom. The van der Waals surface area contributed by atoms with Crippen molar-refractivity contribution in [2.45, 2.75) is 18.9 Å². The smallest absolute Gasteiger partial charge is 0.254 e. The van der Waals surface area contributed by atoms with Gasteiger partial charge in [-0.05, 0) is 12.2 Å². The van der Waals surface area contributed by atoms with E-state index in [-0.39, 0.29) is 17.2 Å². The summed E-state index contributed by atoms with van der Waals surface area (Å²) in [6.07, 6.45) is 1.64. The Kier molecular flexibility index (Phi) is 2.07. The largest absolute Gasteiger partial charge is 0.468 e. The van der Waals surface area contributed by atoms with E-state index >= 15 is 0 Å². The molecule has 0 heterocycles. The Labute approximate surface area is 64.8 Å². The number of hydrogen-bond acceptors (Lipinski definition) is 3. The van der Waals surface area contributed by atoms with Crippen molar-refractivity contribution in [3.05, 3.63) is 0 Å². The van der Waals surface area contributed by atoms with Gasteiger partial charge in [0, 0.05) is 12.8 Å². The fourth-order valence-corrected chi connectivity index (χ4v) is 1.07. The molecule has 1 fully saturated rings. The van der Waals surface area contributed by atoms with E-state index in [9.17, 15) is 0 Å². The van der Waals surface area contributed by atoms with Crippen molar-refractivity contribution in [1.29, 1.82) is 5.26 Å². The molecule has 0 spiro atoms. The van der Waals surface area contributed by atoms with Gasteiger partial charge < -0.3 is 10.5 Å². The zero-order chi connectivity index (χ0) is 7.56. The number of ether oxygens (including phenoxy) is 1. The standard InChI is InChI=1S/C6H8N2OS/c7-3-4-1-5(2-4)9-6(8)10/h4-5H,1-2H2,(H2,8,10). The zero-order valence-electron chi connectivity index (χ0n) is 5.41. The highest BCUT2D eigenvalue weighted by Gasteiger charge is 2.30. The van der Waals surface area contributed by atoms with Gasteiger partial charge in [-0.1, -0.05) is 0 Å². The Morgan fingerprint density at radius 2 is 2.30 bits per heavy atom. The molecule has 3 nitrogen and oxygen atoms in total. The topological polar surface area (TPSA) is 59.0 Å². The maximum Gasteiger partial charge on any atom is 0.254 e. The monoisotopic (exact) mass is 156 g/mol. The van der Waals surface area contributed by atoms with Crippen LogP contribution in [0.4, 0.5) is 0 Å². The minimum atomic E-state index is 0.0846. The van der Waals surface area contributed by atoms with E-state index in [1.165, 1.54) is 0 Å². The van der Waals surface area contributed by atoms with Crippen LogP contribution in [0.3, 0.4) is 0 Å². The lowest BCUT2D eigenvalue weighted by Crippen LogP contribution is -2.34. The molecule has 1 saturated carbocycles. The van der Waals surface area contributed by atoms with Gasteiger partial charge >= 0.3 is 0 Å². The summed E-state index contributed by atoms with van der Waals surface area (Å²) >= 11 is 4.52. The van der Waals surface area contributed by atoms with Crippen LogP contribution in [0.5, 0.6) is 0 Å². The first-order valence-electron chi connectivity index (χ1n) is 3.08. The third kappa shape index (κ3) is 1.58. The molecule has 0 atom stereocenters. The summed E-state index contributed by atoms with van der Waals surface area (Å²) in [4.78, 5) is 0. The molecule has 0 aromatic heterocycles. The molecule has 1 rings (SSSR count). The van der Waals surface area contributed by atoms with Crippen molar-refractivity contribution in [3.63, 3.8) is 0 Å². The van der Waals surface area contributed by atoms with Crippen LogP contribution in [-0.2, 0) is 4.74 Å². The molecule has 0 aromatic rings. The van der Waals surface area contributed by atoms with Crippen LogP contribution < -0.4 is 5.73 Å². The molecule has 10 heavy (non-hydrogen) atoms. The van der Waals surface area contributed by atoms with Crippen molar-refractivity contribution >= 4 is 17.4 Å². The first kappa shape index (κ1) is 7.29. The van der Waals surface area contributed by atoms with Gasteiger partial charge in [0.1, 0.15) is 6.10 Å². The summed E-state index contributed by atoms with van der Waals surface area (Å²) in [5.41, 5.74) is 5.12. The quantitative estimate of drug-likeness (QED) is 0.563. The van der Waals surface area contributed by atoms with Crippen LogP contribution in [0, 0.1) is 17.2 Å². The van der Waals surface area contributed by atoms with Gasteiger partial charge in [0.05, 0.1) is 12.0 Å². The minimum absolute atomic E-state index is 0.0846. The van der Waals surface area contributed by atoms with E-state index in [1.54, 1.807) is 0 Å². The third-order valence-corrected chi connectivity index (χ3v) is 1.66. The second kappa shape index (κ2) is 2.84. The van der Waals surface area contributed by atoms with Crippen molar-refractivity contribution in [1.82, 2.24) is 0 Å². The maximum atomic E-state index is 8.37. The molecule has 0 aromatic carbocycles. The predicted octanol–water partition coefficient (Wildman–Crippen LogP) is 0.549. The minimum Gasteiger partial charge on any atom is -0.468 e. The molecule has 0 bridgehead atoms. The number of nitriles is 1. The van der Waals surface area contributed by atoms with Crippen molar-refractivity contribution in [2.24, 2.45) is 11.7 Å². The SMILES string of the molecule is N#CC1CC(OC(N)=S)C1. The first-order chi connectivity index (χ1) is 4.72. The average molecular weight is 156 g/mol. The van der Waals surface area contributed by atoms with Crippen LogP contribution in [-0.4, -0.2) is 11.3 Å². The summed E-state index contributed by atoms with van der Waals surface area (Å²) in [5, 5.41) is 8.45. The lowest BCUT2D eigenvalue weighted by atomic mass is 9.84. The van der Waals surface area contributed by atoms with E-state index in [4.69, 9.17) is 15.7 Å². The van der Waals surface area contributed by atoms with E-state index in [0.29, 0.717) is 0 Å². The number of hydrogen-bond donors (Lipinski definition) is 1.